The van der Waals surface area contributed by atoms with Crippen LogP contribution in [0.1, 0.15) is 24.3 Å². The topological polar surface area (TPSA) is 34.2 Å². The van der Waals surface area contributed by atoms with Crippen molar-refractivity contribution in [3.63, 3.8) is 0 Å². The Morgan fingerprint density at radius 1 is 1.46 bits per heavy atom. The van der Waals surface area contributed by atoms with Gasteiger partial charge in [0.1, 0.15) is 6.61 Å². The second-order valence-corrected chi connectivity index (χ2v) is 3.67. The zero-order valence-electron chi connectivity index (χ0n) is 7.42. The second kappa shape index (κ2) is 2.62. The van der Waals surface area contributed by atoms with Gasteiger partial charge in [0.05, 0.1) is 5.69 Å². The van der Waals surface area contributed by atoms with Gasteiger partial charge in [-0.25, -0.2) is 4.98 Å². The van der Waals surface area contributed by atoms with Crippen molar-refractivity contribution in [2.75, 3.05) is 18.5 Å². The number of hydrogen-bond acceptors (Lipinski definition) is 3. The highest BCUT2D eigenvalue weighted by atomic mass is 16.5. The van der Waals surface area contributed by atoms with E-state index in [4.69, 9.17) is 4.74 Å². The molecule has 1 aliphatic carbocycles. The number of ether oxygens (including phenoxy) is 1. The summed E-state index contributed by atoms with van der Waals surface area (Å²) in [4.78, 5) is 4.30. The number of rotatable bonds is 1. The van der Waals surface area contributed by atoms with E-state index in [2.05, 4.69) is 16.4 Å². The maximum Gasteiger partial charge on any atom is 0.237 e. The molecule has 1 aromatic heterocycles. The van der Waals surface area contributed by atoms with Gasteiger partial charge in [-0.2, -0.15) is 0 Å². The van der Waals surface area contributed by atoms with Gasteiger partial charge in [0.2, 0.25) is 5.88 Å². The molecular weight excluding hydrogens is 164 g/mol. The van der Waals surface area contributed by atoms with Gasteiger partial charge in [-0.3, -0.25) is 0 Å². The highest BCUT2D eigenvalue weighted by molar-refractivity contribution is 5.56. The first-order chi connectivity index (χ1) is 6.43. The van der Waals surface area contributed by atoms with E-state index in [1.807, 2.05) is 6.20 Å². The molecule has 68 valence electrons. The third-order valence-electron chi connectivity index (χ3n) is 2.58. The van der Waals surface area contributed by atoms with E-state index < -0.39 is 0 Å². The summed E-state index contributed by atoms with van der Waals surface area (Å²) in [6.45, 7) is 1.62. The van der Waals surface area contributed by atoms with E-state index in [1.165, 1.54) is 18.4 Å². The number of nitrogens with one attached hydrogen (secondary N) is 1. The van der Waals surface area contributed by atoms with Crippen molar-refractivity contribution >= 4 is 5.69 Å². The maximum atomic E-state index is 5.40. The monoisotopic (exact) mass is 176 g/mol. The van der Waals surface area contributed by atoms with Gasteiger partial charge >= 0.3 is 0 Å². The molecule has 0 unspecified atom stereocenters. The van der Waals surface area contributed by atoms with Gasteiger partial charge in [-0.15, -0.1) is 0 Å². The summed E-state index contributed by atoms with van der Waals surface area (Å²) < 4.78 is 5.40. The van der Waals surface area contributed by atoms with Crippen molar-refractivity contribution in [2.24, 2.45) is 0 Å². The first-order valence-corrected chi connectivity index (χ1v) is 4.80. The molecule has 1 N–H and O–H groups in total. The summed E-state index contributed by atoms with van der Waals surface area (Å²) in [6, 6.07) is 2.18. The minimum atomic E-state index is 0.725. The Balaban J connectivity index is 1.98. The molecule has 1 aliphatic heterocycles. The first-order valence-electron chi connectivity index (χ1n) is 4.80. The molecule has 1 saturated carbocycles. The normalized spacial score (nSPS) is 20.0. The molecule has 3 heteroatoms. The van der Waals surface area contributed by atoms with E-state index in [9.17, 15) is 0 Å². The molecule has 0 saturated heterocycles. The molecule has 0 aromatic carbocycles. The summed E-state index contributed by atoms with van der Waals surface area (Å²) in [5.74, 6) is 1.53. The molecule has 0 amide bonds. The highest BCUT2D eigenvalue weighted by Crippen LogP contribution is 2.41. The van der Waals surface area contributed by atoms with Crippen LogP contribution >= 0.6 is 0 Å². The molecule has 13 heavy (non-hydrogen) atoms. The van der Waals surface area contributed by atoms with Crippen molar-refractivity contribution in [1.82, 2.24) is 4.98 Å². The second-order valence-electron chi connectivity index (χ2n) is 3.67. The Hall–Kier alpha value is -1.25. The molecule has 2 aliphatic rings. The number of anilines is 1. The lowest BCUT2D eigenvalue weighted by molar-refractivity contribution is 0.310. The van der Waals surface area contributed by atoms with Crippen molar-refractivity contribution in [3.8, 4) is 5.88 Å². The van der Waals surface area contributed by atoms with Crippen LogP contribution in [-0.4, -0.2) is 18.1 Å². The summed E-state index contributed by atoms with van der Waals surface area (Å²) in [7, 11) is 0. The summed E-state index contributed by atoms with van der Waals surface area (Å²) >= 11 is 0. The maximum absolute atomic E-state index is 5.40. The number of nitrogens with zero attached hydrogens (tertiary/aromatic N) is 1. The van der Waals surface area contributed by atoms with Gasteiger partial charge in [0.15, 0.2) is 0 Å². The minimum Gasteiger partial charge on any atom is -0.474 e. The molecular formula is C10H12N2O. The smallest absolute Gasteiger partial charge is 0.237 e. The fourth-order valence-corrected chi connectivity index (χ4v) is 1.68. The molecule has 0 radical (unpaired) electrons. The molecule has 1 fully saturated rings. The predicted octanol–water partition coefficient (Wildman–Crippen LogP) is 1.76. The molecule has 0 spiro atoms. The zero-order valence-corrected chi connectivity index (χ0v) is 7.42. The van der Waals surface area contributed by atoms with Crippen LogP contribution < -0.4 is 10.1 Å². The average Bonchev–Trinajstić information content (AvgIpc) is 3.00. The third-order valence-corrected chi connectivity index (χ3v) is 2.58. The zero-order chi connectivity index (χ0) is 8.67. The largest absolute Gasteiger partial charge is 0.474 e. The molecule has 0 bridgehead atoms. The Morgan fingerprint density at radius 3 is 3.23 bits per heavy atom. The Kier molecular flexibility index (Phi) is 1.45. The van der Waals surface area contributed by atoms with E-state index in [1.54, 1.807) is 0 Å². The number of aromatic nitrogens is 1. The van der Waals surface area contributed by atoms with Gasteiger partial charge < -0.3 is 10.1 Å². The SMILES string of the molecule is c1nc2c(cc1C1CC1)NCCO2. The van der Waals surface area contributed by atoms with Crippen LogP contribution in [0.25, 0.3) is 0 Å². The van der Waals surface area contributed by atoms with Gasteiger partial charge in [-0.05, 0) is 30.4 Å². The van der Waals surface area contributed by atoms with Crippen molar-refractivity contribution in [1.29, 1.82) is 0 Å². The van der Waals surface area contributed by atoms with Crippen LogP contribution in [0.3, 0.4) is 0 Å². The minimum absolute atomic E-state index is 0.725. The Morgan fingerprint density at radius 2 is 2.38 bits per heavy atom. The average molecular weight is 176 g/mol. The van der Waals surface area contributed by atoms with Crippen molar-refractivity contribution in [3.05, 3.63) is 17.8 Å². The van der Waals surface area contributed by atoms with E-state index in [-0.39, 0.29) is 0 Å². The van der Waals surface area contributed by atoms with Crippen LogP contribution in [-0.2, 0) is 0 Å². The lowest BCUT2D eigenvalue weighted by Gasteiger charge is -2.18. The van der Waals surface area contributed by atoms with Gasteiger partial charge in [-0.1, -0.05) is 0 Å². The predicted molar refractivity (Wildman–Crippen MR) is 50.2 cm³/mol. The standard InChI is InChI=1S/C10H12N2O/c1-2-7(1)8-5-9-10(12-6-8)13-4-3-11-9/h5-7,11H,1-4H2. The molecule has 1 aromatic rings. The van der Waals surface area contributed by atoms with Crippen LogP contribution in [0.5, 0.6) is 5.88 Å². The number of fused-ring (bicyclic) bond motifs is 1. The van der Waals surface area contributed by atoms with E-state index in [0.29, 0.717) is 0 Å². The summed E-state index contributed by atoms with van der Waals surface area (Å²) in [6.07, 6.45) is 4.59. The fourth-order valence-electron chi connectivity index (χ4n) is 1.68. The summed E-state index contributed by atoms with van der Waals surface area (Å²) in [5, 5.41) is 3.30. The lowest BCUT2D eigenvalue weighted by atomic mass is 10.2. The first kappa shape index (κ1) is 7.18. The van der Waals surface area contributed by atoms with Crippen LogP contribution in [0.2, 0.25) is 0 Å². The molecule has 3 rings (SSSR count). The highest BCUT2D eigenvalue weighted by Gasteiger charge is 2.25. The lowest BCUT2D eigenvalue weighted by Crippen LogP contribution is -2.18. The molecule has 3 nitrogen and oxygen atoms in total. The Bertz CT molecular complexity index is 334. The van der Waals surface area contributed by atoms with E-state index >= 15 is 0 Å². The molecule has 2 heterocycles. The Labute approximate surface area is 77.1 Å². The van der Waals surface area contributed by atoms with Crippen LogP contribution in [0, 0.1) is 0 Å². The molecule has 0 atom stereocenters. The third kappa shape index (κ3) is 1.24. The van der Waals surface area contributed by atoms with Crippen LogP contribution in [0.4, 0.5) is 5.69 Å². The van der Waals surface area contributed by atoms with Crippen molar-refractivity contribution in [2.45, 2.75) is 18.8 Å². The van der Waals surface area contributed by atoms with Crippen LogP contribution in [0.15, 0.2) is 12.3 Å². The van der Waals surface area contributed by atoms with Gasteiger partial charge in [0.25, 0.3) is 0 Å². The number of pyridine rings is 1. The van der Waals surface area contributed by atoms with Gasteiger partial charge in [0, 0.05) is 12.7 Å². The van der Waals surface area contributed by atoms with Crippen molar-refractivity contribution < 1.29 is 4.74 Å². The number of hydrogen-bond donors (Lipinski definition) is 1. The fraction of sp³-hybridized carbons (Fsp3) is 0.500. The quantitative estimate of drug-likeness (QED) is 0.708. The summed E-state index contributed by atoms with van der Waals surface area (Å²) in [5.41, 5.74) is 2.42. The van der Waals surface area contributed by atoms with E-state index in [0.717, 1.165) is 30.6 Å².